The fraction of sp³-hybridized carbons (Fsp3) is 0.588. The summed E-state index contributed by atoms with van der Waals surface area (Å²) in [5.41, 5.74) is 0.690. The Morgan fingerprint density at radius 1 is 0.850 bits per heavy atom. The molecule has 0 heterocycles. The van der Waals surface area contributed by atoms with Crippen LogP contribution in [-0.2, 0) is 0 Å². The third kappa shape index (κ3) is 8.26. The predicted molar refractivity (Wildman–Crippen MR) is 88.1 cm³/mol. The van der Waals surface area contributed by atoms with Crippen LogP contribution in [0.4, 0.5) is 0 Å². The van der Waals surface area contributed by atoms with Crippen molar-refractivity contribution in [2.45, 2.75) is 51.4 Å². The Balaban J connectivity index is 1.92. The van der Waals surface area contributed by atoms with E-state index in [1.54, 1.807) is 12.1 Å². The van der Waals surface area contributed by atoms with Crippen LogP contribution in [0.3, 0.4) is 0 Å². The fourth-order valence-corrected chi connectivity index (χ4v) is 2.33. The van der Waals surface area contributed by atoms with Crippen LogP contribution < -0.4 is 4.74 Å². The smallest absolute Gasteiger partial charge is 0.150 e. The van der Waals surface area contributed by atoms with E-state index in [1.165, 1.54) is 44.9 Å². The Bertz CT molecular complexity index is 349. The summed E-state index contributed by atoms with van der Waals surface area (Å²) in [5, 5.41) is 0. The molecule has 0 fully saturated rings. The summed E-state index contributed by atoms with van der Waals surface area (Å²) in [5.74, 6) is 1.87. The summed E-state index contributed by atoms with van der Waals surface area (Å²) in [6.07, 6.45) is 11.1. The first kappa shape index (κ1) is 17.1. The lowest BCUT2D eigenvalue weighted by Crippen LogP contribution is -1.97. The van der Waals surface area contributed by atoms with Crippen LogP contribution in [0.1, 0.15) is 61.7 Å². The van der Waals surface area contributed by atoms with Crippen LogP contribution in [0.15, 0.2) is 24.3 Å². The molecule has 0 spiro atoms. The van der Waals surface area contributed by atoms with Gasteiger partial charge < -0.3 is 4.74 Å². The van der Waals surface area contributed by atoms with E-state index < -0.39 is 0 Å². The van der Waals surface area contributed by atoms with Crippen molar-refractivity contribution in [3.8, 4) is 5.75 Å². The molecule has 0 aromatic heterocycles. The third-order valence-corrected chi connectivity index (χ3v) is 3.65. The molecule has 112 valence electrons. The number of benzene rings is 1. The van der Waals surface area contributed by atoms with Gasteiger partial charge >= 0.3 is 0 Å². The average Bonchev–Trinajstić information content (AvgIpc) is 2.50. The fourth-order valence-electron chi connectivity index (χ4n) is 2.11. The molecular formula is C17H26O2S. The zero-order valence-electron chi connectivity index (χ0n) is 12.2. The van der Waals surface area contributed by atoms with E-state index in [9.17, 15) is 4.79 Å². The number of hydrogen-bond donors (Lipinski definition) is 1. The second-order valence-corrected chi connectivity index (χ2v) is 5.53. The lowest BCUT2D eigenvalue weighted by molar-refractivity contribution is 0.112. The summed E-state index contributed by atoms with van der Waals surface area (Å²) in [4.78, 5) is 10.5. The molecule has 0 radical (unpaired) electrons. The molecule has 20 heavy (non-hydrogen) atoms. The van der Waals surface area contributed by atoms with Gasteiger partial charge in [0.25, 0.3) is 0 Å². The molecule has 1 aromatic rings. The molecule has 0 saturated heterocycles. The Morgan fingerprint density at radius 2 is 1.40 bits per heavy atom. The number of aldehydes is 1. The van der Waals surface area contributed by atoms with Gasteiger partial charge in [0.1, 0.15) is 12.0 Å². The van der Waals surface area contributed by atoms with E-state index in [1.807, 2.05) is 12.1 Å². The summed E-state index contributed by atoms with van der Waals surface area (Å²) in [6.45, 7) is 0.764. The predicted octanol–water partition coefficient (Wildman–Crippen LogP) is 4.93. The molecule has 0 atom stereocenters. The van der Waals surface area contributed by atoms with Crippen LogP contribution in [0.2, 0.25) is 0 Å². The number of carbonyl (C=O) groups excluding carboxylic acids is 1. The zero-order valence-corrected chi connectivity index (χ0v) is 13.1. The molecule has 1 aromatic carbocycles. The second kappa shape index (κ2) is 11.8. The van der Waals surface area contributed by atoms with Gasteiger partial charge in [0.15, 0.2) is 0 Å². The van der Waals surface area contributed by atoms with E-state index in [0.717, 1.165) is 30.8 Å². The number of ether oxygens (including phenoxy) is 1. The highest BCUT2D eigenvalue weighted by atomic mass is 32.1. The van der Waals surface area contributed by atoms with E-state index in [2.05, 4.69) is 12.6 Å². The molecule has 0 N–H and O–H groups in total. The van der Waals surface area contributed by atoms with Gasteiger partial charge in [-0.2, -0.15) is 12.6 Å². The largest absolute Gasteiger partial charge is 0.494 e. The highest BCUT2D eigenvalue weighted by Gasteiger charge is 1.95. The summed E-state index contributed by atoms with van der Waals surface area (Å²) in [6, 6.07) is 7.27. The van der Waals surface area contributed by atoms with Gasteiger partial charge in [-0.1, -0.05) is 38.5 Å². The first-order valence-corrected chi connectivity index (χ1v) is 8.29. The number of rotatable bonds is 12. The minimum absolute atomic E-state index is 0.690. The van der Waals surface area contributed by atoms with Gasteiger partial charge in [-0.25, -0.2) is 0 Å². The van der Waals surface area contributed by atoms with Crippen LogP contribution in [-0.4, -0.2) is 18.6 Å². The van der Waals surface area contributed by atoms with Gasteiger partial charge in [0.05, 0.1) is 6.61 Å². The molecule has 0 aliphatic carbocycles. The molecule has 3 heteroatoms. The normalized spacial score (nSPS) is 10.4. The minimum atomic E-state index is 0.690. The molecule has 2 nitrogen and oxygen atoms in total. The van der Waals surface area contributed by atoms with Crippen molar-refractivity contribution >= 4 is 18.9 Å². The zero-order chi connectivity index (χ0) is 14.5. The summed E-state index contributed by atoms with van der Waals surface area (Å²) in [7, 11) is 0. The lowest BCUT2D eigenvalue weighted by atomic mass is 10.1. The first-order valence-electron chi connectivity index (χ1n) is 7.65. The van der Waals surface area contributed by atoms with Gasteiger partial charge in [-0.05, 0) is 42.9 Å². The van der Waals surface area contributed by atoms with E-state index in [-0.39, 0.29) is 0 Å². The van der Waals surface area contributed by atoms with E-state index in [0.29, 0.717) is 5.56 Å². The minimum Gasteiger partial charge on any atom is -0.494 e. The van der Waals surface area contributed by atoms with Crippen molar-refractivity contribution in [1.29, 1.82) is 0 Å². The highest BCUT2D eigenvalue weighted by molar-refractivity contribution is 7.80. The van der Waals surface area contributed by atoms with Crippen molar-refractivity contribution in [3.05, 3.63) is 29.8 Å². The summed E-state index contributed by atoms with van der Waals surface area (Å²) < 4.78 is 5.64. The lowest BCUT2D eigenvalue weighted by Gasteiger charge is -2.06. The molecular weight excluding hydrogens is 268 g/mol. The van der Waals surface area contributed by atoms with Gasteiger partial charge in [-0.3, -0.25) is 4.79 Å². The van der Waals surface area contributed by atoms with E-state index in [4.69, 9.17) is 4.74 Å². The van der Waals surface area contributed by atoms with Gasteiger partial charge in [0.2, 0.25) is 0 Å². The number of carbonyl (C=O) groups is 1. The standard InChI is InChI=1S/C17H26O2S/c18-15-16-9-11-17(12-10-16)19-13-7-5-3-1-2-4-6-8-14-20/h9-12,15,20H,1-8,13-14H2. The number of unbranched alkanes of at least 4 members (excludes halogenated alkanes) is 7. The number of hydrogen-bond acceptors (Lipinski definition) is 3. The SMILES string of the molecule is O=Cc1ccc(OCCCCCCCCCCS)cc1. The maximum atomic E-state index is 10.5. The molecule has 0 unspecified atom stereocenters. The van der Waals surface area contributed by atoms with Gasteiger partial charge in [-0.15, -0.1) is 0 Å². The van der Waals surface area contributed by atoms with E-state index >= 15 is 0 Å². The quantitative estimate of drug-likeness (QED) is 0.336. The number of thiol groups is 1. The Morgan fingerprint density at radius 3 is 1.95 bits per heavy atom. The van der Waals surface area contributed by atoms with Crippen molar-refractivity contribution in [2.75, 3.05) is 12.4 Å². The maximum absolute atomic E-state index is 10.5. The molecule has 0 aliphatic heterocycles. The maximum Gasteiger partial charge on any atom is 0.150 e. The highest BCUT2D eigenvalue weighted by Crippen LogP contribution is 2.13. The third-order valence-electron chi connectivity index (χ3n) is 3.34. The Labute approximate surface area is 128 Å². The first-order chi connectivity index (χ1) is 9.86. The average molecular weight is 294 g/mol. The van der Waals surface area contributed by atoms with Crippen molar-refractivity contribution in [3.63, 3.8) is 0 Å². The molecule has 1 rings (SSSR count). The van der Waals surface area contributed by atoms with Gasteiger partial charge in [0, 0.05) is 5.56 Å². The monoisotopic (exact) mass is 294 g/mol. The van der Waals surface area contributed by atoms with Crippen molar-refractivity contribution < 1.29 is 9.53 Å². The Kier molecular flexibility index (Phi) is 10.1. The molecule has 0 bridgehead atoms. The van der Waals surface area contributed by atoms with Crippen molar-refractivity contribution in [1.82, 2.24) is 0 Å². The van der Waals surface area contributed by atoms with Crippen LogP contribution in [0.5, 0.6) is 5.75 Å². The Hall–Kier alpha value is -0.960. The summed E-state index contributed by atoms with van der Waals surface area (Å²) >= 11 is 4.21. The van der Waals surface area contributed by atoms with Crippen LogP contribution in [0.25, 0.3) is 0 Å². The second-order valence-electron chi connectivity index (χ2n) is 5.09. The molecule has 0 saturated carbocycles. The van der Waals surface area contributed by atoms with Crippen LogP contribution in [0, 0.1) is 0 Å². The van der Waals surface area contributed by atoms with Crippen molar-refractivity contribution in [2.24, 2.45) is 0 Å². The van der Waals surface area contributed by atoms with Crippen LogP contribution >= 0.6 is 12.6 Å². The molecule has 0 amide bonds. The molecule has 0 aliphatic rings. The topological polar surface area (TPSA) is 26.3 Å².